The van der Waals surface area contributed by atoms with Gasteiger partial charge in [-0.05, 0) is 55.5 Å². The Labute approximate surface area is 157 Å². The van der Waals surface area contributed by atoms with E-state index in [1.165, 1.54) is 23.2 Å². The fraction of sp³-hybridized carbons (Fsp3) is 0.318. The van der Waals surface area contributed by atoms with E-state index in [9.17, 15) is 4.79 Å². The Bertz CT molecular complexity index is 1110. The van der Waals surface area contributed by atoms with Crippen molar-refractivity contribution in [1.29, 1.82) is 0 Å². The van der Waals surface area contributed by atoms with Crippen LogP contribution in [-0.2, 0) is 12.8 Å². The van der Waals surface area contributed by atoms with Crippen molar-refractivity contribution in [2.75, 3.05) is 28.6 Å². The van der Waals surface area contributed by atoms with Gasteiger partial charge in [0.2, 0.25) is 0 Å². The number of hydrogen-bond donors (Lipinski definition) is 2. The number of hydrogen-bond acceptors (Lipinski definition) is 5. The zero-order valence-electron chi connectivity index (χ0n) is 15.0. The van der Waals surface area contributed by atoms with Gasteiger partial charge < -0.3 is 20.0 Å². The summed E-state index contributed by atoms with van der Waals surface area (Å²) in [6.45, 7) is 2.23. The maximum Gasteiger partial charge on any atom is 0.343 e. The maximum atomic E-state index is 12.8. The molecule has 3 aliphatic heterocycles. The van der Waals surface area contributed by atoms with Crippen molar-refractivity contribution in [3.05, 3.63) is 63.5 Å². The molecule has 0 amide bonds. The zero-order valence-corrected chi connectivity index (χ0v) is 15.0. The molecule has 3 aromatic rings. The summed E-state index contributed by atoms with van der Waals surface area (Å²) in [5.41, 5.74) is 7.15. The van der Waals surface area contributed by atoms with Gasteiger partial charge in [0, 0.05) is 29.7 Å². The molecule has 2 N–H and O–H groups in total. The average Bonchev–Trinajstić information content (AvgIpc) is 3.12. The van der Waals surface area contributed by atoms with Gasteiger partial charge in [-0.1, -0.05) is 12.1 Å². The van der Waals surface area contributed by atoms with Crippen molar-refractivity contribution in [1.82, 2.24) is 0 Å². The molecule has 1 aromatic heterocycles. The predicted octanol–water partition coefficient (Wildman–Crippen LogP) is 4.03. The molecule has 0 spiro atoms. The van der Waals surface area contributed by atoms with E-state index >= 15 is 0 Å². The number of anilines is 3. The highest BCUT2D eigenvalue weighted by Crippen LogP contribution is 2.40. The van der Waals surface area contributed by atoms with Crippen LogP contribution in [0.3, 0.4) is 0 Å². The Kier molecular flexibility index (Phi) is 3.10. The highest BCUT2D eigenvalue weighted by atomic mass is 16.4. The topological polar surface area (TPSA) is 57.5 Å². The van der Waals surface area contributed by atoms with Crippen LogP contribution in [0, 0.1) is 0 Å². The second-order valence-electron chi connectivity index (χ2n) is 7.73. The monoisotopic (exact) mass is 359 g/mol. The third kappa shape index (κ3) is 2.21. The normalized spacial score (nSPS) is 18.0. The Morgan fingerprint density at radius 2 is 1.74 bits per heavy atom. The molecule has 0 radical (unpaired) electrons. The lowest BCUT2D eigenvalue weighted by Gasteiger charge is -2.37. The summed E-state index contributed by atoms with van der Waals surface area (Å²) >= 11 is 0. The van der Waals surface area contributed by atoms with Crippen LogP contribution in [0.25, 0.3) is 11.0 Å². The highest BCUT2D eigenvalue weighted by molar-refractivity contribution is 5.89. The summed E-state index contributed by atoms with van der Waals surface area (Å²) < 4.78 is 5.91. The maximum absolute atomic E-state index is 12.8. The fourth-order valence-corrected chi connectivity index (χ4v) is 4.90. The van der Waals surface area contributed by atoms with Crippen LogP contribution in [-0.4, -0.2) is 13.1 Å². The van der Waals surface area contributed by atoms with Gasteiger partial charge in [0.25, 0.3) is 0 Å². The minimum Gasteiger partial charge on any atom is -0.422 e. The smallest absolute Gasteiger partial charge is 0.343 e. The number of nitrogens with zero attached hydrogens (tertiary/aromatic N) is 1. The quantitative estimate of drug-likeness (QED) is 0.643. The molecule has 3 aliphatic rings. The second kappa shape index (κ2) is 5.52. The fourth-order valence-electron chi connectivity index (χ4n) is 4.90. The van der Waals surface area contributed by atoms with Gasteiger partial charge in [-0.15, -0.1) is 0 Å². The van der Waals surface area contributed by atoms with E-state index in [4.69, 9.17) is 4.42 Å². The summed E-state index contributed by atoms with van der Waals surface area (Å²) in [4.78, 5) is 15.3. The number of para-hydroxylation sites is 2. The van der Waals surface area contributed by atoms with Gasteiger partial charge in [0.15, 0.2) is 0 Å². The molecule has 0 atom stereocenters. The van der Waals surface area contributed by atoms with Gasteiger partial charge in [0.1, 0.15) is 11.7 Å². The van der Waals surface area contributed by atoms with Crippen molar-refractivity contribution in [3.63, 3.8) is 0 Å². The van der Waals surface area contributed by atoms with E-state index in [1.54, 1.807) is 0 Å². The molecule has 0 aliphatic carbocycles. The van der Waals surface area contributed by atoms with Gasteiger partial charge >= 0.3 is 5.63 Å². The van der Waals surface area contributed by atoms with Crippen LogP contribution < -0.4 is 21.2 Å². The first-order valence-electron chi connectivity index (χ1n) is 9.77. The molecule has 136 valence electrons. The third-order valence-electron chi connectivity index (χ3n) is 6.08. The number of nitrogens with one attached hydrogen (secondary N) is 2. The highest BCUT2D eigenvalue weighted by Gasteiger charge is 2.29. The third-order valence-corrected chi connectivity index (χ3v) is 6.08. The van der Waals surface area contributed by atoms with Gasteiger partial charge in [0.05, 0.1) is 16.9 Å². The van der Waals surface area contributed by atoms with Crippen molar-refractivity contribution < 1.29 is 4.42 Å². The lowest BCUT2D eigenvalue weighted by atomic mass is 9.90. The van der Waals surface area contributed by atoms with Crippen LogP contribution in [0.15, 0.2) is 45.6 Å². The first-order valence-corrected chi connectivity index (χ1v) is 9.77. The lowest BCUT2D eigenvalue weighted by molar-refractivity contribution is 0.537. The van der Waals surface area contributed by atoms with E-state index in [0.29, 0.717) is 5.56 Å². The number of benzene rings is 2. The van der Waals surface area contributed by atoms with Crippen LogP contribution in [0.2, 0.25) is 0 Å². The van der Waals surface area contributed by atoms with Crippen LogP contribution in [0.5, 0.6) is 0 Å². The van der Waals surface area contributed by atoms with E-state index in [0.717, 1.165) is 54.7 Å². The number of rotatable bonds is 1. The van der Waals surface area contributed by atoms with Crippen LogP contribution in [0.4, 0.5) is 17.1 Å². The van der Waals surface area contributed by atoms with Crippen molar-refractivity contribution in [3.8, 4) is 0 Å². The molecule has 4 heterocycles. The van der Waals surface area contributed by atoms with Crippen molar-refractivity contribution in [2.24, 2.45) is 0 Å². The van der Waals surface area contributed by atoms with Gasteiger partial charge in [-0.3, -0.25) is 0 Å². The Hall–Kier alpha value is -2.95. The molecule has 27 heavy (non-hydrogen) atoms. The van der Waals surface area contributed by atoms with Crippen LogP contribution >= 0.6 is 0 Å². The lowest BCUT2D eigenvalue weighted by Crippen LogP contribution is -2.34. The minimum atomic E-state index is -0.260. The molecular weight excluding hydrogens is 338 g/mol. The van der Waals surface area contributed by atoms with Crippen molar-refractivity contribution >= 4 is 28.0 Å². The van der Waals surface area contributed by atoms with Crippen molar-refractivity contribution in [2.45, 2.75) is 31.8 Å². The Balaban J connectivity index is 1.51. The largest absolute Gasteiger partial charge is 0.422 e. The Morgan fingerprint density at radius 1 is 1.00 bits per heavy atom. The first kappa shape index (κ1) is 15.1. The zero-order chi connectivity index (χ0) is 18.0. The summed E-state index contributed by atoms with van der Waals surface area (Å²) in [7, 11) is 0. The second-order valence-corrected chi connectivity index (χ2v) is 7.73. The summed E-state index contributed by atoms with van der Waals surface area (Å²) in [6, 6.07) is 12.3. The number of fused-ring (bicyclic) bond motifs is 3. The average molecular weight is 359 g/mol. The molecule has 0 saturated heterocycles. The molecule has 5 nitrogen and oxygen atoms in total. The van der Waals surface area contributed by atoms with Crippen LogP contribution in [0.1, 0.15) is 35.7 Å². The molecule has 0 bridgehead atoms. The standard InChI is InChI=1S/C22H21N3O2/c26-22-16(21-23-17-7-1-2-8-18(17)24-21)12-14-11-13-5-3-9-25-10-4-6-15(19(13)25)20(14)27-22/h1-2,7-8,11-12,21,23-24H,3-6,9-10H2. The molecule has 5 heteroatoms. The SMILES string of the molecule is O=c1oc2c3c4c(cc2cc1C1Nc2ccccc2N1)CCCN4CCC3. The number of aryl methyl sites for hydroxylation is 2. The predicted molar refractivity (Wildman–Crippen MR) is 108 cm³/mol. The molecule has 0 fully saturated rings. The molecular formula is C22H21N3O2. The minimum absolute atomic E-state index is 0.257. The molecule has 0 saturated carbocycles. The van der Waals surface area contributed by atoms with E-state index < -0.39 is 0 Å². The summed E-state index contributed by atoms with van der Waals surface area (Å²) in [6.07, 6.45) is 4.16. The van der Waals surface area contributed by atoms with E-state index in [2.05, 4.69) is 21.6 Å². The van der Waals surface area contributed by atoms with E-state index in [-0.39, 0.29) is 11.8 Å². The van der Waals surface area contributed by atoms with E-state index in [1.807, 2.05) is 30.3 Å². The summed E-state index contributed by atoms with van der Waals surface area (Å²) in [5, 5.41) is 7.82. The summed E-state index contributed by atoms with van der Waals surface area (Å²) in [5.74, 6) is 0. The Morgan fingerprint density at radius 3 is 2.52 bits per heavy atom. The van der Waals surface area contributed by atoms with Gasteiger partial charge in [-0.25, -0.2) is 4.79 Å². The van der Waals surface area contributed by atoms with Gasteiger partial charge in [-0.2, -0.15) is 0 Å². The molecule has 0 unspecified atom stereocenters. The first-order chi connectivity index (χ1) is 13.3. The molecule has 2 aromatic carbocycles. The molecule has 6 rings (SSSR count).